The lowest BCUT2D eigenvalue weighted by Gasteiger charge is -2.18. The Morgan fingerprint density at radius 2 is 0.532 bits per heavy atom. The van der Waals surface area contributed by atoms with E-state index in [1.807, 2.05) is 0 Å². The normalized spacial score (nSPS) is 12.0. The molecule has 0 spiro atoms. The van der Waals surface area contributed by atoms with Crippen molar-refractivity contribution in [3.63, 3.8) is 0 Å². The fraction of sp³-hybridized carbons (Fsp3) is 0.911. The van der Waals surface area contributed by atoms with E-state index in [9.17, 15) is 14.4 Å². The van der Waals surface area contributed by atoms with E-state index in [1.165, 1.54) is 212 Å². The molecule has 0 saturated carbocycles. The number of hydrogen-bond donors (Lipinski definition) is 0. The van der Waals surface area contributed by atoms with Gasteiger partial charge in [-0.25, -0.2) is 0 Å². The summed E-state index contributed by atoms with van der Waals surface area (Å²) in [6, 6.07) is 0. The second kappa shape index (κ2) is 51.8. The van der Waals surface area contributed by atoms with Gasteiger partial charge in [-0.2, -0.15) is 0 Å². The van der Waals surface area contributed by atoms with Gasteiger partial charge < -0.3 is 14.2 Å². The first-order valence-electron chi connectivity index (χ1n) is 27.7. The summed E-state index contributed by atoms with van der Waals surface area (Å²) in [5.74, 6) is -0.855. The number of allylic oxidation sites excluding steroid dienone is 2. The van der Waals surface area contributed by atoms with Gasteiger partial charge in [-0.1, -0.05) is 258 Å². The van der Waals surface area contributed by atoms with Crippen LogP contribution in [-0.4, -0.2) is 37.2 Å². The lowest BCUT2D eigenvalue weighted by molar-refractivity contribution is -0.167. The van der Waals surface area contributed by atoms with E-state index in [-0.39, 0.29) is 31.1 Å². The monoisotopic (exact) mass is 875 g/mol. The molecule has 0 aromatic heterocycles. The fourth-order valence-corrected chi connectivity index (χ4v) is 8.32. The summed E-state index contributed by atoms with van der Waals surface area (Å²) in [4.78, 5) is 37.8. The van der Waals surface area contributed by atoms with Crippen LogP contribution in [0.4, 0.5) is 0 Å². The molecule has 366 valence electrons. The molecule has 0 N–H and O–H groups in total. The molecule has 0 aromatic carbocycles. The highest BCUT2D eigenvalue weighted by atomic mass is 16.6. The van der Waals surface area contributed by atoms with Crippen molar-refractivity contribution in [1.29, 1.82) is 0 Å². The molecule has 6 heteroatoms. The number of ether oxygens (including phenoxy) is 3. The van der Waals surface area contributed by atoms with Crippen LogP contribution in [0.2, 0.25) is 0 Å². The van der Waals surface area contributed by atoms with Crippen molar-refractivity contribution in [3.8, 4) is 0 Å². The lowest BCUT2D eigenvalue weighted by atomic mass is 10.0. The summed E-state index contributed by atoms with van der Waals surface area (Å²) in [5, 5.41) is 0. The van der Waals surface area contributed by atoms with E-state index >= 15 is 0 Å². The third-order valence-electron chi connectivity index (χ3n) is 12.5. The van der Waals surface area contributed by atoms with Gasteiger partial charge in [0.1, 0.15) is 13.2 Å². The molecule has 1 atom stereocenters. The van der Waals surface area contributed by atoms with Gasteiger partial charge in [-0.3, -0.25) is 14.4 Å². The van der Waals surface area contributed by atoms with Crippen LogP contribution < -0.4 is 0 Å². The van der Waals surface area contributed by atoms with Crippen molar-refractivity contribution in [2.45, 2.75) is 316 Å². The van der Waals surface area contributed by atoms with Gasteiger partial charge in [0.2, 0.25) is 0 Å². The Labute approximate surface area is 386 Å². The highest BCUT2D eigenvalue weighted by Gasteiger charge is 2.19. The number of carbonyl (C=O) groups is 3. The van der Waals surface area contributed by atoms with Crippen molar-refractivity contribution in [2.24, 2.45) is 0 Å². The predicted octanol–water partition coefficient (Wildman–Crippen LogP) is 18.2. The Bertz CT molecular complexity index is 962. The standard InChI is InChI=1S/C56H106O6/c1-4-7-10-13-16-18-20-22-23-24-25-26-27-28-29-30-31-32-33-34-36-37-40-43-46-49-55(58)61-52-53(51-60-54(57)48-45-42-39-15-12-9-6-3)62-56(59)50-47-44-41-38-35-21-19-17-14-11-8-5-2/h24-25,53H,4-23,26-52H2,1-3H3/b25-24-. The average Bonchev–Trinajstić information content (AvgIpc) is 3.27. The zero-order valence-corrected chi connectivity index (χ0v) is 41.9. The quantitative estimate of drug-likeness (QED) is 0.0262. The Kier molecular flexibility index (Phi) is 50.2. The summed E-state index contributed by atoms with van der Waals surface area (Å²) >= 11 is 0. The molecule has 0 aliphatic heterocycles. The van der Waals surface area contributed by atoms with Crippen LogP contribution in [0.5, 0.6) is 0 Å². The zero-order valence-electron chi connectivity index (χ0n) is 41.9. The fourth-order valence-electron chi connectivity index (χ4n) is 8.32. The molecule has 0 rings (SSSR count). The van der Waals surface area contributed by atoms with Crippen LogP contribution in [0, 0.1) is 0 Å². The molecule has 0 bridgehead atoms. The van der Waals surface area contributed by atoms with Gasteiger partial charge in [-0.15, -0.1) is 0 Å². The summed E-state index contributed by atoms with van der Waals surface area (Å²) in [5.41, 5.74) is 0. The maximum absolute atomic E-state index is 12.7. The van der Waals surface area contributed by atoms with Crippen molar-refractivity contribution in [1.82, 2.24) is 0 Å². The minimum absolute atomic E-state index is 0.0650. The van der Waals surface area contributed by atoms with Crippen molar-refractivity contribution >= 4 is 17.9 Å². The van der Waals surface area contributed by atoms with Gasteiger partial charge in [0.15, 0.2) is 6.10 Å². The van der Waals surface area contributed by atoms with Gasteiger partial charge in [-0.05, 0) is 44.9 Å². The zero-order chi connectivity index (χ0) is 45.1. The summed E-state index contributed by atoms with van der Waals surface area (Å²) in [6.07, 6.45) is 58.0. The Hall–Kier alpha value is -1.85. The molecule has 0 radical (unpaired) electrons. The van der Waals surface area contributed by atoms with E-state index in [0.717, 1.165) is 57.8 Å². The highest BCUT2D eigenvalue weighted by molar-refractivity contribution is 5.71. The first-order chi connectivity index (χ1) is 30.5. The smallest absolute Gasteiger partial charge is 0.306 e. The largest absolute Gasteiger partial charge is 0.462 e. The van der Waals surface area contributed by atoms with Crippen LogP contribution in [-0.2, 0) is 28.6 Å². The van der Waals surface area contributed by atoms with E-state index < -0.39 is 6.10 Å². The first-order valence-corrected chi connectivity index (χ1v) is 27.7. The highest BCUT2D eigenvalue weighted by Crippen LogP contribution is 2.17. The molecule has 62 heavy (non-hydrogen) atoms. The van der Waals surface area contributed by atoms with Gasteiger partial charge >= 0.3 is 17.9 Å². The van der Waals surface area contributed by atoms with Crippen LogP contribution in [0.15, 0.2) is 12.2 Å². The average molecular weight is 875 g/mol. The second-order valence-electron chi connectivity index (χ2n) is 18.9. The van der Waals surface area contributed by atoms with Crippen molar-refractivity contribution in [3.05, 3.63) is 12.2 Å². The number of hydrogen-bond acceptors (Lipinski definition) is 6. The van der Waals surface area contributed by atoms with Gasteiger partial charge in [0.25, 0.3) is 0 Å². The predicted molar refractivity (Wildman–Crippen MR) is 266 cm³/mol. The molecule has 0 aliphatic carbocycles. The van der Waals surface area contributed by atoms with E-state index in [1.54, 1.807) is 0 Å². The molecule has 6 nitrogen and oxygen atoms in total. The molecule has 0 heterocycles. The SMILES string of the molecule is CCCCCCCCCC/C=C\CCCCCCCCCCCCCCCC(=O)OCC(COC(=O)CCCCCCCCC)OC(=O)CCCCCCCCCCCCCC. The Morgan fingerprint density at radius 1 is 0.306 bits per heavy atom. The second-order valence-corrected chi connectivity index (χ2v) is 18.9. The summed E-state index contributed by atoms with van der Waals surface area (Å²) in [6.45, 7) is 6.63. The van der Waals surface area contributed by atoms with Crippen LogP contribution >= 0.6 is 0 Å². The third kappa shape index (κ3) is 49.2. The molecule has 0 fully saturated rings. The minimum Gasteiger partial charge on any atom is -0.462 e. The van der Waals surface area contributed by atoms with Crippen LogP contribution in [0.3, 0.4) is 0 Å². The molecular weight excluding hydrogens is 769 g/mol. The maximum atomic E-state index is 12.7. The number of unbranched alkanes of at least 4 members (excludes halogenated alkanes) is 38. The van der Waals surface area contributed by atoms with Crippen LogP contribution in [0.1, 0.15) is 310 Å². The molecule has 1 unspecified atom stereocenters. The van der Waals surface area contributed by atoms with Gasteiger partial charge in [0, 0.05) is 19.3 Å². The number of carbonyl (C=O) groups excluding carboxylic acids is 3. The van der Waals surface area contributed by atoms with Crippen LogP contribution in [0.25, 0.3) is 0 Å². The van der Waals surface area contributed by atoms with E-state index in [0.29, 0.717) is 19.3 Å². The third-order valence-corrected chi connectivity index (χ3v) is 12.5. The molecule has 0 saturated heterocycles. The topological polar surface area (TPSA) is 78.9 Å². The Morgan fingerprint density at radius 3 is 0.806 bits per heavy atom. The van der Waals surface area contributed by atoms with Crippen molar-refractivity contribution < 1.29 is 28.6 Å². The first kappa shape index (κ1) is 60.2. The van der Waals surface area contributed by atoms with Crippen molar-refractivity contribution in [2.75, 3.05) is 13.2 Å². The number of rotatable bonds is 51. The number of esters is 3. The molecular formula is C56H106O6. The maximum Gasteiger partial charge on any atom is 0.306 e. The molecule has 0 amide bonds. The minimum atomic E-state index is -0.761. The van der Waals surface area contributed by atoms with E-state index in [2.05, 4.69) is 32.9 Å². The molecule has 0 aromatic rings. The molecule has 0 aliphatic rings. The Balaban J connectivity index is 4.05. The summed E-state index contributed by atoms with van der Waals surface area (Å²) in [7, 11) is 0. The van der Waals surface area contributed by atoms with E-state index in [4.69, 9.17) is 14.2 Å². The summed E-state index contributed by atoms with van der Waals surface area (Å²) < 4.78 is 16.7. The van der Waals surface area contributed by atoms with Gasteiger partial charge in [0.05, 0.1) is 0 Å². The lowest BCUT2D eigenvalue weighted by Crippen LogP contribution is -2.30.